The highest BCUT2D eigenvalue weighted by atomic mass is 16.2. The largest absolute Gasteiger partial charge is 0.346 e. The lowest BCUT2D eigenvalue weighted by molar-refractivity contribution is 0.0903. The summed E-state index contributed by atoms with van der Waals surface area (Å²) in [5.41, 5.74) is 1.54. The SMILES string of the molecule is CCn1nc(C)cc1C(=O)NC1CCC(C)NC1C. The number of aromatic nitrogens is 2. The predicted octanol–water partition coefficient (Wildman–Crippen LogP) is 1.47. The van der Waals surface area contributed by atoms with Crippen molar-refractivity contribution < 1.29 is 4.79 Å². The van der Waals surface area contributed by atoms with Gasteiger partial charge in [-0.1, -0.05) is 0 Å². The minimum atomic E-state index is -0.0179. The molecule has 5 heteroatoms. The minimum Gasteiger partial charge on any atom is -0.346 e. The van der Waals surface area contributed by atoms with Gasteiger partial charge in [0, 0.05) is 24.7 Å². The van der Waals surface area contributed by atoms with E-state index in [4.69, 9.17) is 0 Å². The molecule has 2 rings (SSSR count). The van der Waals surface area contributed by atoms with E-state index in [0.717, 1.165) is 18.5 Å². The molecule has 5 nitrogen and oxygen atoms in total. The molecule has 19 heavy (non-hydrogen) atoms. The zero-order valence-electron chi connectivity index (χ0n) is 12.2. The van der Waals surface area contributed by atoms with E-state index in [0.29, 0.717) is 24.3 Å². The van der Waals surface area contributed by atoms with Crippen LogP contribution in [0.4, 0.5) is 0 Å². The zero-order valence-corrected chi connectivity index (χ0v) is 12.2. The average molecular weight is 264 g/mol. The zero-order chi connectivity index (χ0) is 14.0. The molecule has 1 aromatic rings. The van der Waals surface area contributed by atoms with Crippen LogP contribution in [0.5, 0.6) is 0 Å². The fraction of sp³-hybridized carbons (Fsp3) is 0.714. The Morgan fingerprint density at radius 1 is 1.53 bits per heavy atom. The number of nitrogens with zero attached hydrogens (tertiary/aromatic N) is 2. The number of rotatable bonds is 3. The van der Waals surface area contributed by atoms with Crippen molar-refractivity contribution in [2.45, 2.75) is 65.2 Å². The van der Waals surface area contributed by atoms with Crippen molar-refractivity contribution in [1.82, 2.24) is 20.4 Å². The van der Waals surface area contributed by atoms with Crippen molar-refractivity contribution in [3.8, 4) is 0 Å². The molecule has 1 aromatic heterocycles. The summed E-state index contributed by atoms with van der Waals surface area (Å²) >= 11 is 0. The van der Waals surface area contributed by atoms with Crippen molar-refractivity contribution in [2.24, 2.45) is 0 Å². The van der Waals surface area contributed by atoms with Crippen LogP contribution in [0.3, 0.4) is 0 Å². The lowest BCUT2D eigenvalue weighted by atomic mass is 9.95. The van der Waals surface area contributed by atoms with E-state index in [-0.39, 0.29) is 11.9 Å². The Morgan fingerprint density at radius 3 is 2.89 bits per heavy atom. The molecule has 0 radical (unpaired) electrons. The molecular formula is C14H24N4O. The van der Waals surface area contributed by atoms with Crippen LogP contribution in [0, 0.1) is 6.92 Å². The van der Waals surface area contributed by atoms with Gasteiger partial charge in [0.15, 0.2) is 0 Å². The first kappa shape index (κ1) is 14.1. The third-order valence-corrected chi connectivity index (χ3v) is 3.81. The number of carbonyl (C=O) groups is 1. The molecule has 1 amide bonds. The standard InChI is InChI=1S/C14H24N4O/c1-5-18-13(8-10(3)17-18)14(19)16-12-7-6-9(2)15-11(12)4/h8-9,11-12,15H,5-7H2,1-4H3,(H,16,19). The van der Waals surface area contributed by atoms with E-state index in [2.05, 4.69) is 29.6 Å². The van der Waals surface area contributed by atoms with Crippen LogP contribution in [0.25, 0.3) is 0 Å². The van der Waals surface area contributed by atoms with Crippen molar-refractivity contribution >= 4 is 5.91 Å². The Labute approximate surface area is 114 Å². The van der Waals surface area contributed by atoms with Gasteiger partial charge in [-0.25, -0.2) is 0 Å². The monoisotopic (exact) mass is 264 g/mol. The molecule has 3 unspecified atom stereocenters. The summed E-state index contributed by atoms with van der Waals surface area (Å²) in [5.74, 6) is -0.0179. The summed E-state index contributed by atoms with van der Waals surface area (Å²) in [5, 5.41) is 10.9. The van der Waals surface area contributed by atoms with Crippen LogP contribution >= 0.6 is 0 Å². The highest BCUT2D eigenvalue weighted by Crippen LogP contribution is 2.14. The average Bonchev–Trinajstić information content (AvgIpc) is 2.74. The van der Waals surface area contributed by atoms with Crippen LogP contribution in [0.1, 0.15) is 49.8 Å². The normalized spacial score (nSPS) is 27.3. The maximum atomic E-state index is 12.3. The quantitative estimate of drug-likeness (QED) is 0.869. The van der Waals surface area contributed by atoms with Crippen molar-refractivity contribution in [3.63, 3.8) is 0 Å². The van der Waals surface area contributed by atoms with Crippen molar-refractivity contribution in [2.75, 3.05) is 0 Å². The van der Waals surface area contributed by atoms with Crippen molar-refractivity contribution in [3.05, 3.63) is 17.5 Å². The number of aryl methyl sites for hydroxylation is 2. The Morgan fingerprint density at radius 2 is 2.26 bits per heavy atom. The van der Waals surface area contributed by atoms with E-state index in [1.54, 1.807) is 4.68 Å². The van der Waals surface area contributed by atoms with Gasteiger partial charge in [-0.2, -0.15) is 5.10 Å². The molecule has 1 saturated heterocycles. The second kappa shape index (κ2) is 5.74. The maximum Gasteiger partial charge on any atom is 0.269 e. The fourth-order valence-electron chi connectivity index (χ4n) is 2.74. The highest BCUT2D eigenvalue weighted by Gasteiger charge is 2.27. The second-order valence-electron chi connectivity index (χ2n) is 5.50. The van der Waals surface area contributed by atoms with Gasteiger partial charge in [-0.15, -0.1) is 0 Å². The first-order chi connectivity index (χ1) is 9.01. The Hall–Kier alpha value is -1.36. The van der Waals surface area contributed by atoms with E-state index < -0.39 is 0 Å². The van der Waals surface area contributed by atoms with Gasteiger partial charge in [0.1, 0.15) is 5.69 Å². The Bertz CT molecular complexity index is 454. The minimum absolute atomic E-state index is 0.0179. The van der Waals surface area contributed by atoms with Gasteiger partial charge in [-0.3, -0.25) is 9.48 Å². The fourth-order valence-corrected chi connectivity index (χ4v) is 2.74. The summed E-state index contributed by atoms with van der Waals surface area (Å²) in [4.78, 5) is 12.3. The molecular weight excluding hydrogens is 240 g/mol. The molecule has 2 heterocycles. The number of hydrogen-bond acceptors (Lipinski definition) is 3. The number of nitrogens with one attached hydrogen (secondary N) is 2. The van der Waals surface area contributed by atoms with E-state index >= 15 is 0 Å². The van der Waals surface area contributed by atoms with Gasteiger partial charge in [0.2, 0.25) is 0 Å². The number of hydrogen-bond donors (Lipinski definition) is 2. The highest BCUT2D eigenvalue weighted by molar-refractivity contribution is 5.92. The van der Waals surface area contributed by atoms with E-state index in [1.165, 1.54) is 0 Å². The van der Waals surface area contributed by atoms with E-state index in [1.807, 2.05) is 19.9 Å². The predicted molar refractivity (Wildman–Crippen MR) is 75.2 cm³/mol. The molecule has 106 valence electrons. The Kier molecular flexibility index (Phi) is 4.24. The molecule has 1 aliphatic heterocycles. The smallest absolute Gasteiger partial charge is 0.269 e. The van der Waals surface area contributed by atoms with Crippen LogP contribution in [-0.4, -0.2) is 33.8 Å². The summed E-state index contributed by atoms with van der Waals surface area (Å²) in [6.07, 6.45) is 2.13. The van der Waals surface area contributed by atoms with Gasteiger partial charge in [0.05, 0.1) is 5.69 Å². The maximum absolute atomic E-state index is 12.3. The van der Waals surface area contributed by atoms with Gasteiger partial charge in [-0.05, 0) is 46.6 Å². The van der Waals surface area contributed by atoms with Gasteiger partial charge < -0.3 is 10.6 Å². The first-order valence-corrected chi connectivity index (χ1v) is 7.12. The Balaban J connectivity index is 2.04. The van der Waals surface area contributed by atoms with Crippen LogP contribution in [0.2, 0.25) is 0 Å². The third kappa shape index (κ3) is 3.15. The summed E-state index contributed by atoms with van der Waals surface area (Å²) in [6.45, 7) is 8.93. The summed E-state index contributed by atoms with van der Waals surface area (Å²) in [7, 11) is 0. The molecule has 0 bridgehead atoms. The van der Waals surface area contributed by atoms with Gasteiger partial charge in [0.25, 0.3) is 5.91 Å². The molecule has 3 atom stereocenters. The molecule has 0 saturated carbocycles. The number of carbonyl (C=O) groups excluding carboxylic acids is 1. The lowest BCUT2D eigenvalue weighted by Gasteiger charge is -2.34. The van der Waals surface area contributed by atoms with Crippen LogP contribution < -0.4 is 10.6 Å². The number of piperidine rings is 1. The van der Waals surface area contributed by atoms with Gasteiger partial charge >= 0.3 is 0 Å². The summed E-state index contributed by atoms with van der Waals surface area (Å²) in [6, 6.07) is 2.89. The number of amides is 1. The molecule has 1 aliphatic rings. The summed E-state index contributed by atoms with van der Waals surface area (Å²) < 4.78 is 1.76. The van der Waals surface area contributed by atoms with Crippen LogP contribution in [0.15, 0.2) is 6.07 Å². The molecule has 0 spiro atoms. The molecule has 2 N–H and O–H groups in total. The lowest BCUT2D eigenvalue weighted by Crippen LogP contribution is -2.54. The van der Waals surface area contributed by atoms with Crippen LogP contribution in [-0.2, 0) is 6.54 Å². The topological polar surface area (TPSA) is 59.0 Å². The molecule has 1 fully saturated rings. The van der Waals surface area contributed by atoms with Crippen molar-refractivity contribution in [1.29, 1.82) is 0 Å². The second-order valence-corrected chi connectivity index (χ2v) is 5.50. The molecule has 0 aliphatic carbocycles. The third-order valence-electron chi connectivity index (χ3n) is 3.81. The first-order valence-electron chi connectivity index (χ1n) is 7.12. The van der Waals surface area contributed by atoms with E-state index in [9.17, 15) is 4.79 Å². The molecule has 0 aromatic carbocycles.